The molecule has 0 bridgehead atoms. The first kappa shape index (κ1) is 11.1. The second-order valence-corrected chi connectivity index (χ2v) is 3.43. The molecule has 0 aliphatic carbocycles. The van der Waals surface area contributed by atoms with Gasteiger partial charge in [-0.1, -0.05) is 23.2 Å². The fourth-order valence-corrected chi connectivity index (χ4v) is 0.717. The van der Waals surface area contributed by atoms with Crippen molar-refractivity contribution < 1.29 is 20.1 Å². The van der Waals surface area contributed by atoms with Crippen molar-refractivity contribution in [3.8, 4) is 0 Å². The molecule has 3 N–H and O–H groups in total. The van der Waals surface area contributed by atoms with Crippen LogP contribution in [0.3, 0.4) is 0 Å². The van der Waals surface area contributed by atoms with Gasteiger partial charge in [-0.15, -0.1) is 0 Å². The largest absolute Gasteiger partial charge is 0.394 e. The molecule has 0 amide bonds. The molecule has 0 aromatic rings. The Balaban J connectivity index is 4.21. The van der Waals surface area contributed by atoms with E-state index in [1.807, 2.05) is 0 Å². The van der Waals surface area contributed by atoms with E-state index in [1.54, 1.807) is 0 Å². The van der Waals surface area contributed by atoms with Crippen LogP contribution in [0.5, 0.6) is 0 Å². The van der Waals surface area contributed by atoms with Gasteiger partial charge in [0.15, 0.2) is 6.29 Å². The number of aliphatic hydroxyl groups is 3. The number of carbonyl (C=O) groups excluding carboxylic acids is 1. The van der Waals surface area contributed by atoms with Crippen molar-refractivity contribution in [3.63, 3.8) is 0 Å². The number of halogens is 2. The van der Waals surface area contributed by atoms with Crippen LogP contribution in [-0.4, -0.2) is 44.8 Å². The maximum atomic E-state index is 10.1. The van der Waals surface area contributed by atoms with Crippen LogP contribution < -0.4 is 0 Å². The molecule has 11 heavy (non-hydrogen) atoms. The molecule has 0 saturated heterocycles. The van der Waals surface area contributed by atoms with Crippen LogP contribution in [0.1, 0.15) is 0 Å². The molecule has 0 aromatic carbocycles. The lowest BCUT2D eigenvalue weighted by atomic mass is 10.1. The van der Waals surface area contributed by atoms with Gasteiger partial charge in [-0.25, -0.2) is 0 Å². The molecule has 0 aromatic heterocycles. The average Bonchev–Trinajstić information content (AvgIpc) is 2.01. The maximum Gasteiger partial charge on any atom is 0.201 e. The van der Waals surface area contributed by atoms with Crippen LogP contribution >= 0.6 is 23.2 Å². The molecular weight excluding hydrogens is 195 g/mol. The van der Waals surface area contributed by atoms with Gasteiger partial charge >= 0.3 is 0 Å². The predicted octanol–water partition coefficient (Wildman–Crippen LogP) is -0.927. The number of rotatable bonds is 4. The monoisotopic (exact) mass is 202 g/mol. The Kier molecular flexibility index (Phi) is 4.28. The molecule has 0 saturated carbocycles. The van der Waals surface area contributed by atoms with Gasteiger partial charge in [-0.3, -0.25) is 4.79 Å². The summed E-state index contributed by atoms with van der Waals surface area (Å²) >= 11 is 10.4. The standard InChI is InChI=1S/C5H8Cl2O4/c6-5(7,2-9)4(11)3(10)1-8/h2-4,8,10-11H,1H2/t3-,4-/m1/s1. The highest BCUT2D eigenvalue weighted by Crippen LogP contribution is 2.24. The number of aldehydes is 1. The zero-order chi connectivity index (χ0) is 9.07. The SMILES string of the molecule is O=CC(Cl)(Cl)[C@H](O)[C@H](O)CO. The smallest absolute Gasteiger partial charge is 0.201 e. The third kappa shape index (κ3) is 2.92. The quantitative estimate of drug-likeness (QED) is 0.407. The van der Waals surface area contributed by atoms with Gasteiger partial charge in [0.2, 0.25) is 4.33 Å². The Morgan fingerprint density at radius 1 is 1.45 bits per heavy atom. The van der Waals surface area contributed by atoms with Gasteiger partial charge in [0.1, 0.15) is 12.2 Å². The van der Waals surface area contributed by atoms with Gasteiger partial charge < -0.3 is 15.3 Å². The van der Waals surface area contributed by atoms with Crippen molar-refractivity contribution in [2.75, 3.05) is 6.61 Å². The summed E-state index contributed by atoms with van der Waals surface area (Å²) in [5, 5.41) is 26.0. The molecule has 0 radical (unpaired) electrons. The number of hydrogen-bond donors (Lipinski definition) is 3. The van der Waals surface area contributed by atoms with E-state index in [-0.39, 0.29) is 6.29 Å². The molecule has 0 aliphatic heterocycles. The van der Waals surface area contributed by atoms with Crippen LogP contribution in [-0.2, 0) is 4.79 Å². The van der Waals surface area contributed by atoms with Gasteiger partial charge in [0.25, 0.3) is 0 Å². The Labute approximate surface area is 73.3 Å². The highest BCUT2D eigenvalue weighted by atomic mass is 35.5. The Morgan fingerprint density at radius 3 is 2.18 bits per heavy atom. The van der Waals surface area contributed by atoms with Crippen LogP contribution in [0.4, 0.5) is 0 Å². The summed E-state index contributed by atoms with van der Waals surface area (Å²) in [6.45, 7) is -0.712. The van der Waals surface area contributed by atoms with Crippen molar-refractivity contribution in [2.24, 2.45) is 0 Å². The highest BCUT2D eigenvalue weighted by Gasteiger charge is 2.37. The van der Waals surface area contributed by atoms with Crippen molar-refractivity contribution in [2.45, 2.75) is 16.5 Å². The van der Waals surface area contributed by atoms with E-state index >= 15 is 0 Å². The van der Waals surface area contributed by atoms with Crippen LogP contribution in [0.2, 0.25) is 0 Å². The molecule has 0 aliphatic rings. The zero-order valence-electron chi connectivity index (χ0n) is 5.44. The van der Waals surface area contributed by atoms with Crippen LogP contribution in [0.25, 0.3) is 0 Å². The summed E-state index contributed by atoms with van der Waals surface area (Å²) in [5.74, 6) is 0. The first-order valence-electron chi connectivity index (χ1n) is 2.77. The van der Waals surface area contributed by atoms with Gasteiger partial charge in [-0.2, -0.15) is 0 Å². The number of carbonyl (C=O) groups is 1. The minimum atomic E-state index is -2.07. The van der Waals surface area contributed by atoms with E-state index in [1.165, 1.54) is 0 Å². The van der Waals surface area contributed by atoms with E-state index in [2.05, 4.69) is 0 Å². The molecule has 66 valence electrons. The highest BCUT2D eigenvalue weighted by molar-refractivity contribution is 6.56. The molecule has 0 heterocycles. The fraction of sp³-hybridized carbons (Fsp3) is 0.800. The van der Waals surface area contributed by atoms with Gasteiger partial charge in [0.05, 0.1) is 6.61 Å². The molecule has 0 unspecified atom stereocenters. The Morgan fingerprint density at radius 2 is 1.91 bits per heavy atom. The summed E-state index contributed by atoms with van der Waals surface area (Å²) in [4.78, 5) is 10.1. The Hall–Kier alpha value is 0.130. The van der Waals surface area contributed by atoms with Crippen LogP contribution in [0, 0.1) is 0 Å². The zero-order valence-corrected chi connectivity index (χ0v) is 6.96. The van der Waals surface area contributed by atoms with E-state index < -0.39 is 23.1 Å². The fourth-order valence-electron chi connectivity index (χ4n) is 0.426. The number of alkyl halides is 2. The predicted molar refractivity (Wildman–Crippen MR) is 39.6 cm³/mol. The molecular formula is C5H8Cl2O4. The minimum absolute atomic E-state index is 0.0830. The Bertz CT molecular complexity index is 138. The van der Waals surface area contributed by atoms with Crippen molar-refractivity contribution in [1.82, 2.24) is 0 Å². The molecule has 4 nitrogen and oxygen atoms in total. The van der Waals surface area contributed by atoms with Gasteiger partial charge in [0, 0.05) is 0 Å². The number of hydrogen-bond acceptors (Lipinski definition) is 4. The first-order valence-corrected chi connectivity index (χ1v) is 3.52. The van der Waals surface area contributed by atoms with E-state index in [4.69, 9.17) is 38.5 Å². The summed E-state index contributed by atoms with van der Waals surface area (Å²) in [6, 6.07) is 0. The second kappa shape index (κ2) is 4.23. The summed E-state index contributed by atoms with van der Waals surface area (Å²) in [5.41, 5.74) is 0. The normalized spacial score (nSPS) is 17.5. The molecule has 0 rings (SSSR count). The second-order valence-electron chi connectivity index (χ2n) is 1.99. The maximum absolute atomic E-state index is 10.1. The first-order chi connectivity index (χ1) is 4.95. The lowest BCUT2D eigenvalue weighted by molar-refractivity contribution is -0.113. The van der Waals surface area contributed by atoms with Crippen LogP contribution in [0.15, 0.2) is 0 Å². The van der Waals surface area contributed by atoms with E-state index in [9.17, 15) is 4.79 Å². The van der Waals surface area contributed by atoms with Crippen molar-refractivity contribution >= 4 is 29.5 Å². The van der Waals surface area contributed by atoms with E-state index in [0.717, 1.165) is 0 Å². The number of aliphatic hydroxyl groups excluding tert-OH is 3. The van der Waals surface area contributed by atoms with Crippen molar-refractivity contribution in [3.05, 3.63) is 0 Å². The molecule has 6 heteroatoms. The summed E-state index contributed by atoms with van der Waals surface area (Å²) in [7, 11) is 0. The van der Waals surface area contributed by atoms with E-state index in [0.29, 0.717) is 0 Å². The van der Waals surface area contributed by atoms with Gasteiger partial charge in [-0.05, 0) is 0 Å². The summed E-state index contributed by atoms with van der Waals surface area (Å²) in [6.07, 6.45) is -3.12. The third-order valence-electron chi connectivity index (χ3n) is 1.10. The topological polar surface area (TPSA) is 77.8 Å². The molecule has 0 fully saturated rings. The van der Waals surface area contributed by atoms with Crippen molar-refractivity contribution in [1.29, 1.82) is 0 Å². The third-order valence-corrected chi connectivity index (χ3v) is 1.73. The lowest BCUT2D eigenvalue weighted by Gasteiger charge is -2.22. The molecule has 0 spiro atoms. The minimum Gasteiger partial charge on any atom is -0.394 e. The summed E-state index contributed by atoms with van der Waals surface area (Å²) < 4.78 is -2.07. The lowest BCUT2D eigenvalue weighted by Crippen LogP contribution is -2.43. The average molecular weight is 203 g/mol. The molecule has 2 atom stereocenters.